The van der Waals surface area contributed by atoms with Crippen LogP contribution in [0.3, 0.4) is 0 Å². The average molecular weight is 670 g/mol. The van der Waals surface area contributed by atoms with Gasteiger partial charge in [0.15, 0.2) is 0 Å². The number of aryl methyl sites for hydroxylation is 2. The summed E-state index contributed by atoms with van der Waals surface area (Å²) in [6.07, 6.45) is 0. The van der Waals surface area contributed by atoms with Crippen molar-refractivity contribution in [1.29, 1.82) is 0 Å². The van der Waals surface area contributed by atoms with Crippen LogP contribution in [0.5, 0.6) is 0 Å². The molecule has 0 amide bonds. The van der Waals surface area contributed by atoms with Crippen LogP contribution in [0, 0.1) is 13.8 Å². The van der Waals surface area contributed by atoms with Crippen molar-refractivity contribution in [1.82, 2.24) is 0 Å². The van der Waals surface area contributed by atoms with E-state index in [0.29, 0.717) is 0 Å². The molecule has 250 valence electrons. The molecule has 1 aromatic heterocycles. The van der Waals surface area contributed by atoms with Crippen LogP contribution >= 0.6 is 0 Å². The Morgan fingerprint density at radius 3 is 1.83 bits per heavy atom. The third-order valence-corrected chi connectivity index (χ3v) is 10.6. The van der Waals surface area contributed by atoms with Gasteiger partial charge in [-0.3, -0.25) is 0 Å². The molecule has 0 bridgehead atoms. The van der Waals surface area contributed by atoms with Crippen molar-refractivity contribution in [2.45, 2.75) is 26.7 Å². The summed E-state index contributed by atoms with van der Waals surface area (Å²) in [4.78, 5) is 2.30. The first kappa shape index (κ1) is 31.6. The van der Waals surface area contributed by atoms with Crippen molar-refractivity contribution in [3.8, 4) is 22.3 Å². The van der Waals surface area contributed by atoms with Crippen LogP contribution in [0.1, 0.15) is 35.1 Å². The number of rotatable bonds is 7. The van der Waals surface area contributed by atoms with Crippen LogP contribution in [0.2, 0.25) is 0 Å². The van der Waals surface area contributed by atoms with Crippen LogP contribution in [-0.2, 0) is 0 Å². The summed E-state index contributed by atoms with van der Waals surface area (Å²) < 4.78 is 6.44. The number of nitrogens with zero attached hydrogens (tertiary/aromatic N) is 1. The van der Waals surface area contributed by atoms with Crippen LogP contribution in [0.25, 0.3) is 55.0 Å². The van der Waals surface area contributed by atoms with Gasteiger partial charge < -0.3 is 9.32 Å². The van der Waals surface area contributed by atoms with E-state index < -0.39 is 0 Å². The predicted octanol–water partition coefficient (Wildman–Crippen LogP) is 14.3. The van der Waals surface area contributed by atoms with E-state index in [1.54, 1.807) is 0 Å². The number of hydrogen-bond acceptors (Lipinski definition) is 2. The molecule has 0 N–H and O–H groups in total. The Balaban J connectivity index is 1.16. The zero-order valence-corrected chi connectivity index (χ0v) is 29.7. The SMILES string of the molecule is Cc1ccc(-c2ccc(C)c(-c3cccc4cccc([C@H](C)c5ccc6oc7ccc(N(c8ccccc8)c8ccccc8)cc7c6c5)c34)c2)cc1. The topological polar surface area (TPSA) is 16.4 Å². The molecule has 2 nitrogen and oxygen atoms in total. The molecule has 0 aliphatic carbocycles. The van der Waals surface area contributed by atoms with E-state index in [0.717, 1.165) is 39.0 Å². The summed E-state index contributed by atoms with van der Waals surface area (Å²) in [6, 6.07) is 63.5. The molecule has 1 atom stereocenters. The molecule has 1 heterocycles. The number of hydrogen-bond donors (Lipinski definition) is 0. The van der Waals surface area contributed by atoms with Crippen molar-refractivity contribution in [2.75, 3.05) is 4.90 Å². The Bertz CT molecular complexity index is 2660. The molecule has 0 unspecified atom stereocenters. The molecular formula is C50H39NO. The summed E-state index contributed by atoms with van der Waals surface area (Å²) in [7, 11) is 0. The Morgan fingerprint density at radius 1 is 0.481 bits per heavy atom. The summed E-state index contributed by atoms with van der Waals surface area (Å²) in [5.74, 6) is 0.146. The maximum Gasteiger partial charge on any atom is 0.135 e. The summed E-state index contributed by atoms with van der Waals surface area (Å²) in [5, 5.41) is 4.80. The smallest absolute Gasteiger partial charge is 0.135 e. The van der Waals surface area contributed by atoms with Gasteiger partial charge in [0.2, 0.25) is 0 Å². The molecule has 0 saturated heterocycles. The highest BCUT2D eigenvalue weighted by Crippen LogP contribution is 2.42. The fourth-order valence-corrected chi connectivity index (χ4v) is 7.77. The Hall–Kier alpha value is -6.38. The maximum absolute atomic E-state index is 6.44. The zero-order chi connectivity index (χ0) is 35.2. The van der Waals surface area contributed by atoms with E-state index in [-0.39, 0.29) is 5.92 Å². The van der Waals surface area contributed by atoms with Gasteiger partial charge in [-0.15, -0.1) is 0 Å². The largest absolute Gasteiger partial charge is 0.456 e. The molecule has 9 aromatic rings. The first-order chi connectivity index (χ1) is 25.5. The van der Waals surface area contributed by atoms with E-state index in [1.807, 2.05) is 0 Å². The van der Waals surface area contributed by atoms with Crippen LogP contribution in [0.4, 0.5) is 17.1 Å². The van der Waals surface area contributed by atoms with Gasteiger partial charge in [0.25, 0.3) is 0 Å². The number of para-hydroxylation sites is 2. The van der Waals surface area contributed by atoms with Crippen molar-refractivity contribution in [2.24, 2.45) is 0 Å². The highest BCUT2D eigenvalue weighted by Gasteiger charge is 2.19. The van der Waals surface area contributed by atoms with Crippen LogP contribution in [-0.4, -0.2) is 0 Å². The fourth-order valence-electron chi connectivity index (χ4n) is 7.77. The van der Waals surface area contributed by atoms with Gasteiger partial charge in [0.1, 0.15) is 11.2 Å². The van der Waals surface area contributed by atoms with Gasteiger partial charge in [0.05, 0.1) is 0 Å². The molecule has 0 fully saturated rings. The standard InChI is InChI=1S/C50H39NO/c1-33-20-23-36(24-21-33)39-25-22-34(2)45(31-39)44-19-11-13-37-12-10-18-43(50(37)44)35(3)38-26-28-48-46(30-38)47-32-42(27-29-49(47)52-48)51(40-14-6-4-7-15-40)41-16-8-5-9-17-41/h4-32,35H,1-3H3/t35-/m1/s1. The Labute approximate surface area is 305 Å². The lowest BCUT2D eigenvalue weighted by Gasteiger charge is -2.25. The van der Waals surface area contributed by atoms with Crippen LogP contribution in [0.15, 0.2) is 180 Å². The second-order valence-electron chi connectivity index (χ2n) is 13.9. The molecule has 0 aliphatic heterocycles. The fraction of sp³-hybridized carbons (Fsp3) is 0.0800. The highest BCUT2D eigenvalue weighted by molar-refractivity contribution is 6.07. The van der Waals surface area contributed by atoms with Gasteiger partial charge in [-0.2, -0.15) is 0 Å². The van der Waals surface area contributed by atoms with Crippen molar-refractivity contribution in [3.63, 3.8) is 0 Å². The lowest BCUT2D eigenvalue weighted by atomic mass is 9.84. The molecule has 0 aliphatic rings. The molecule has 9 rings (SSSR count). The summed E-state index contributed by atoms with van der Waals surface area (Å²) in [5.41, 5.74) is 15.2. The minimum absolute atomic E-state index is 0.146. The lowest BCUT2D eigenvalue weighted by Crippen LogP contribution is -2.09. The minimum Gasteiger partial charge on any atom is -0.456 e. The molecule has 0 spiro atoms. The predicted molar refractivity (Wildman–Crippen MR) is 220 cm³/mol. The van der Waals surface area contributed by atoms with Gasteiger partial charge in [0, 0.05) is 33.8 Å². The Morgan fingerprint density at radius 2 is 1.12 bits per heavy atom. The Kier molecular flexibility index (Phi) is 7.94. The molecule has 8 aromatic carbocycles. The number of benzene rings is 8. The molecule has 0 saturated carbocycles. The first-order valence-electron chi connectivity index (χ1n) is 18.1. The third-order valence-electron chi connectivity index (χ3n) is 10.6. The molecule has 52 heavy (non-hydrogen) atoms. The molecule has 0 radical (unpaired) electrons. The van der Waals surface area contributed by atoms with E-state index in [2.05, 4.69) is 202 Å². The van der Waals surface area contributed by atoms with E-state index >= 15 is 0 Å². The second-order valence-corrected chi connectivity index (χ2v) is 13.9. The monoisotopic (exact) mass is 669 g/mol. The normalized spacial score (nSPS) is 12.1. The minimum atomic E-state index is 0.146. The van der Waals surface area contributed by atoms with Gasteiger partial charge in [-0.25, -0.2) is 0 Å². The third kappa shape index (κ3) is 5.63. The van der Waals surface area contributed by atoms with Crippen LogP contribution < -0.4 is 4.90 Å². The van der Waals surface area contributed by atoms with Crippen molar-refractivity contribution >= 4 is 49.8 Å². The first-order valence-corrected chi connectivity index (χ1v) is 18.1. The quantitative estimate of drug-likeness (QED) is 0.168. The van der Waals surface area contributed by atoms with Gasteiger partial charge >= 0.3 is 0 Å². The van der Waals surface area contributed by atoms with E-state index in [4.69, 9.17) is 4.42 Å². The second kappa shape index (κ2) is 13.1. The maximum atomic E-state index is 6.44. The summed E-state index contributed by atoms with van der Waals surface area (Å²) >= 11 is 0. The number of anilines is 3. The van der Waals surface area contributed by atoms with E-state index in [1.165, 1.54) is 55.3 Å². The summed E-state index contributed by atoms with van der Waals surface area (Å²) in [6.45, 7) is 6.70. The number of fused-ring (bicyclic) bond motifs is 4. The van der Waals surface area contributed by atoms with Gasteiger partial charge in [-0.05, 0) is 124 Å². The molecular weight excluding hydrogens is 631 g/mol. The molecule has 2 heteroatoms. The average Bonchev–Trinajstić information content (AvgIpc) is 3.56. The lowest BCUT2D eigenvalue weighted by molar-refractivity contribution is 0.668. The van der Waals surface area contributed by atoms with E-state index in [9.17, 15) is 0 Å². The number of furan rings is 1. The van der Waals surface area contributed by atoms with Crippen molar-refractivity contribution < 1.29 is 4.42 Å². The highest BCUT2D eigenvalue weighted by atomic mass is 16.3. The van der Waals surface area contributed by atoms with Crippen molar-refractivity contribution in [3.05, 3.63) is 198 Å². The van der Waals surface area contributed by atoms with Gasteiger partial charge in [-0.1, -0.05) is 128 Å². The zero-order valence-electron chi connectivity index (χ0n) is 29.7.